The van der Waals surface area contributed by atoms with E-state index in [2.05, 4.69) is 14.5 Å². The number of aromatic nitrogens is 2. The molecule has 34 heavy (non-hydrogen) atoms. The third-order valence-corrected chi connectivity index (χ3v) is 6.05. The molecule has 2 N–H and O–H groups in total. The van der Waals surface area contributed by atoms with Crippen LogP contribution in [0.15, 0.2) is 48.8 Å². The molecule has 0 fully saturated rings. The number of benzene rings is 2. The van der Waals surface area contributed by atoms with Gasteiger partial charge in [-0.3, -0.25) is 9.36 Å². The van der Waals surface area contributed by atoms with Crippen molar-refractivity contribution in [2.45, 2.75) is 19.1 Å². The molecule has 176 valence electrons. The summed E-state index contributed by atoms with van der Waals surface area (Å²) in [5, 5.41) is 0.362. The standard InChI is InChI=1S/C21H12F5N3O4S/c22-20(23,24)11-4-2-1-3-10(11)8-31-16-7-17(34-18(16)19(27)30)29-9-28-12-5-14-15(6-13(12)29)33-21(25,26)32-14/h1-7,9H,8H2,(H2,27,30). The van der Waals surface area contributed by atoms with E-state index >= 15 is 0 Å². The minimum Gasteiger partial charge on any atom is -0.487 e. The molecular weight excluding hydrogens is 485 g/mol. The van der Waals surface area contributed by atoms with Gasteiger partial charge in [-0.05, 0) is 6.07 Å². The molecule has 0 saturated carbocycles. The van der Waals surface area contributed by atoms with Crippen LogP contribution in [0.3, 0.4) is 0 Å². The molecule has 0 spiro atoms. The Labute approximate surface area is 191 Å². The summed E-state index contributed by atoms with van der Waals surface area (Å²) >= 11 is 0.899. The van der Waals surface area contributed by atoms with Gasteiger partial charge in [0.2, 0.25) is 0 Å². The van der Waals surface area contributed by atoms with Crippen LogP contribution in [0, 0.1) is 0 Å². The summed E-state index contributed by atoms with van der Waals surface area (Å²) in [5.41, 5.74) is 5.10. The number of alkyl halides is 5. The van der Waals surface area contributed by atoms with Crippen molar-refractivity contribution >= 4 is 28.3 Å². The molecule has 0 unspecified atom stereocenters. The van der Waals surface area contributed by atoms with Gasteiger partial charge in [-0.2, -0.15) is 13.2 Å². The first-order valence-corrected chi connectivity index (χ1v) is 10.3. The molecule has 4 aromatic rings. The van der Waals surface area contributed by atoms with Gasteiger partial charge in [0.25, 0.3) is 5.91 Å². The molecule has 3 heterocycles. The van der Waals surface area contributed by atoms with E-state index < -0.39 is 30.5 Å². The van der Waals surface area contributed by atoms with Crippen LogP contribution in [0.2, 0.25) is 0 Å². The number of thiophene rings is 1. The molecule has 0 bridgehead atoms. The second-order valence-electron chi connectivity index (χ2n) is 7.16. The molecule has 1 amide bonds. The fraction of sp³-hybridized carbons (Fsp3) is 0.143. The van der Waals surface area contributed by atoms with E-state index in [0.29, 0.717) is 16.0 Å². The van der Waals surface area contributed by atoms with Crippen LogP contribution in [-0.4, -0.2) is 21.8 Å². The lowest BCUT2D eigenvalue weighted by molar-refractivity contribution is -0.286. The van der Waals surface area contributed by atoms with Crippen LogP contribution in [0.1, 0.15) is 20.8 Å². The normalized spacial score (nSPS) is 14.5. The van der Waals surface area contributed by atoms with Crippen LogP contribution >= 0.6 is 11.3 Å². The number of nitrogens with two attached hydrogens (primary N) is 1. The van der Waals surface area contributed by atoms with E-state index in [1.54, 1.807) is 0 Å². The van der Waals surface area contributed by atoms with E-state index in [4.69, 9.17) is 10.5 Å². The monoisotopic (exact) mass is 497 g/mol. The zero-order valence-electron chi connectivity index (χ0n) is 16.7. The zero-order chi connectivity index (χ0) is 24.3. The summed E-state index contributed by atoms with van der Waals surface area (Å²) in [6.45, 7) is -0.468. The smallest absolute Gasteiger partial charge is 0.487 e. The molecule has 13 heteroatoms. The molecule has 0 radical (unpaired) electrons. The maximum absolute atomic E-state index is 13.4. The number of rotatable bonds is 5. The summed E-state index contributed by atoms with van der Waals surface area (Å²) in [7, 11) is 0. The lowest BCUT2D eigenvalue weighted by Crippen LogP contribution is -2.25. The van der Waals surface area contributed by atoms with Crippen molar-refractivity contribution in [1.82, 2.24) is 9.55 Å². The molecule has 2 aromatic heterocycles. The number of hydrogen-bond acceptors (Lipinski definition) is 6. The van der Waals surface area contributed by atoms with Crippen molar-refractivity contribution in [2.24, 2.45) is 5.73 Å². The Kier molecular flexibility index (Phi) is 4.90. The molecule has 1 aliphatic rings. The Bertz CT molecular complexity index is 1430. The lowest BCUT2D eigenvalue weighted by Gasteiger charge is -2.13. The Hall–Kier alpha value is -3.87. The quantitative estimate of drug-likeness (QED) is 0.388. The Morgan fingerprint density at radius 1 is 1.15 bits per heavy atom. The number of halogens is 5. The summed E-state index contributed by atoms with van der Waals surface area (Å²) in [4.78, 5) is 16.1. The molecule has 5 rings (SSSR count). The third kappa shape index (κ3) is 3.87. The van der Waals surface area contributed by atoms with E-state index in [9.17, 15) is 26.7 Å². The van der Waals surface area contributed by atoms with Gasteiger partial charge < -0.3 is 19.9 Å². The minimum atomic E-state index is -4.58. The van der Waals surface area contributed by atoms with Gasteiger partial charge in [-0.1, -0.05) is 18.2 Å². The fourth-order valence-corrected chi connectivity index (χ4v) is 4.40. The van der Waals surface area contributed by atoms with Crippen LogP contribution in [0.5, 0.6) is 17.2 Å². The number of ether oxygens (including phenoxy) is 3. The van der Waals surface area contributed by atoms with Crippen molar-refractivity contribution in [3.63, 3.8) is 0 Å². The van der Waals surface area contributed by atoms with Gasteiger partial charge in [0.15, 0.2) is 11.5 Å². The van der Waals surface area contributed by atoms with Gasteiger partial charge in [-0.15, -0.1) is 20.1 Å². The highest BCUT2D eigenvalue weighted by atomic mass is 32.1. The van der Waals surface area contributed by atoms with Crippen molar-refractivity contribution < 1.29 is 41.0 Å². The van der Waals surface area contributed by atoms with Crippen LogP contribution < -0.4 is 19.9 Å². The van der Waals surface area contributed by atoms with Gasteiger partial charge >= 0.3 is 12.5 Å². The zero-order valence-corrected chi connectivity index (χ0v) is 17.5. The number of carbonyl (C=O) groups is 1. The Balaban J connectivity index is 1.49. The van der Waals surface area contributed by atoms with Gasteiger partial charge in [0.05, 0.1) is 16.6 Å². The minimum absolute atomic E-state index is 0.0291. The highest BCUT2D eigenvalue weighted by molar-refractivity contribution is 7.16. The Morgan fingerprint density at radius 2 is 1.85 bits per heavy atom. The van der Waals surface area contributed by atoms with Crippen molar-refractivity contribution in [3.8, 4) is 22.2 Å². The summed E-state index contributed by atoms with van der Waals surface area (Å²) in [6, 6.07) is 8.86. The number of hydrogen-bond donors (Lipinski definition) is 1. The maximum Gasteiger partial charge on any atom is 0.586 e. The van der Waals surface area contributed by atoms with Gasteiger partial charge in [0.1, 0.15) is 28.6 Å². The predicted molar refractivity (Wildman–Crippen MR) is 109 cm³/mol. The van der Waals surface area contributed by atoms with Crippen LogP contribution in [-0.2, 0) is 12.8 Å². The van der Waals surface area contributed by atoms with Gasteiger partial charge in [-0.25, -0.2) is 4.98 Å². The topological polar surface area (TPSA) is 88.6 Å². The van der Waals surface area contributed by atoms with Crippen molar-refractivity contribution in [3.05, 3.63) is 64.8 Å². The number of nitrogens with zero attached hydrogens (tertiary/aromatic N) is 2. The van der Waals surface area contributed by atoms with Crippen LogP contribution in [0.25, 0.3) is 16.0 Å². The number of primary amides is 1. The predicted octanol–water partition coefficient (Wildman–Crippen LogP) is 5.11. The Morgan fingerprint density at radius 3 is 2.56 bits per heavy atom. The van der Waals surface area contributed by atoms with E-state index in [1.807, 2.05) is 0 Å². The van der Waals surface area contributed by atoms with Crippen molar-refractivity contribution in [2.75, 3.05) is 0 Å². The summed E-state index contributed by atoms with van der Waals surface area (Å²) in [6.07, 6.45) is -7.01. The fourth-order valence-electron chi connectivity index (χ4n) is 3.47. The van der Waals surface area contributed by atoms with Crippen LogP contribution in [0.4, 0.5) is 22.0 Å². The second kappa shape index (κ2) is 7.58. The third-order valence-electron chi connectivity index (χ3n) is 4.92. The maximum atomic E-state index is 13.4. The molecule has 0 saturated heterocycles. The first-order chi connectivity index (χ1) is 16.0. The largest absolute Gasteiger partial charge is 0.586 e. The molecule has 0 atom stereocenters. The molecular formula is C21H12F5N3O4S. The first kappa shape index (κ1) is 21.9. The van der Waals surface area contributed by atoms with E-state index in [-0.39, 0.29) is 27.7 Å². The number of imidazole rings is 1. The number of carbonyl (C=O) groups excluding carboxylic acids is 1. The SMILES string of the molecule is NC(=O)c1sc(-n2cnc3cc4c(cc32)OC(F)(F)O4)cc1OCc1ccccc1C(F)(F)F. The summed E-state index contributed by atoms with van der Waals surface area (Å²) < 4.78 is 82.4. The molecule has 7 nitrogen and oxygen atoms in total. The highest BCUT2D eigenvalue weighted by Crippen LogP contribution is 2.44. The lowest BCUT2D eigenvalue weighted by atomic mass is 10.1. The molecule has 1 aliphatic heterocycles. The summed E-state index contributed by atoms with van der Waals surface area (Å²) in [5.74, 6) is -1.26. The molecule has 0 aliphatic carbocycles. The highest BCUT2D eigenvalue weighted by Gasteiger charge is 2.44. The number of amides is 1. The molecule has 2 aromatic carbocycles. The van der Waals surface area contributed by atoms with E-state index in [0.717, 1.165) is 17.4 Å². The first-order valence-electron chi connectivity index (χ1n) is 9.51. The average molecular weight is 497 g/mol. The van der Waals surface area contributed by atoms with E-state index in [1.165, 1.54) is 47.3 Å². The van der Waals surface area contributed by atoms with Gasteiger partial charge in [0, 0.05) is 23.8 Å². The average Bonchev–Trinajstić information content (AvgIpc) is 3.43. The van der Waals surface area contributed by atoms with Crippen molar-refractivity contribution in [1.29, 1.82) is 0 Å². The second-order valence-corrected chi connectivity index (χ2v) is 8.19. The number of fused-ring (bicyclic) bond motifs is 2.